The van der Waals surface area contributed by atoms with Crippen LogP contribution in [0.1, 0.15) is 17.1 Å². The lowest BCUT2D eigenvalue weighted by Gasteiger charge is -2.20. The second-order valence-electron chi connectivity index (χ2n) is 5.18. The summed E-state index contributed by atoms with van der Waals surface area (Å²) in [7, 11) is 3.70. The molecule has 20 heavy (non-hydrogen) atoms. The van der Waals surface area contributed by atoms with E-state index in [-0.39, 0.29) is 0 Å². The normalized spacial score (nSPS) is 12.6. The van der Waals surface area contributed by atoms with Crippen LogP contribution in [0.4, 0.5) is 0 Å². The summed E-state index contributed by atoms with van der Waals surface area (Å²) in [6.45, 7) is 5.07. The number of hydrogen-bond acceptors (Lipinski definition) is 5. The first-order valence-electron chi connectivity index (χ1n) is 6.56. The molecule has 0 fully saturated rings. The van der Waals surface area contributed by atoms with E-state index in [9.17, 15) is 8.42 Å². The lowest BCUT2D eigenvalue weighted by Crippen LogP contribution is -2.34. The fourth-order valence-electron chi connectivity index (χ4n) is 2.05. The molecule has 1 aromatic rings. The van der Waals surface area contributed by atoms with Crippen LogP contribution >= 0.6 is 0 Å². The Balaban J connectivity index is 3.15. The van der Waals surface area contributed by atoms with Gasteiger partial charge in [-0.25, -0.2) is 8.42 Å². The highest BCUT2D eigenvalue weighted by atomic mass is 32.2. The number of hydrogen-bond donors (Lipinski definition) is 1. The molecule has 0 aromatic carbocycles. The maximum atomic E-state index is 12.7. The number of rotatable bonds is 7. The summed E-state index contributed by atoms with van der Waals surface area (Å²) in [6.07, 6.45) is 0. The lowest BCUT2D eigenvalue weighted by atomic mass is 10.2. The van der Waals surface area contributed by atoms with Gasteiger partial charge < -0.3 is 14.6 Å². The summed E-state index contributed by atoms with van der Waals surface area (Å²) in [6, 6.07) is 0. The van der Waals surface area contributed by atoms with Gasteiger partial charge in [0.25, 0.3) is 0 Å². The molecular weight excluding hydrogens is 278 g/mol. The highest BCUT2D eigenvalue weighted by Gasteiger charge is 2.29. The van der Waals surface area contributed by atoms with E-state index in [1.807, 2.05) is 19.0 Å². The molecule has 1 heterocycles. The van der Waals surface area contributed by atoms with Crippen molar-refractivity contribution in [3.05, 3.63) is 17.1 Å². The Bertz CT molecular complexity index is 549. The van der Waals surface area contributed by atoms with E-state index in [1.165, 1.54) is 4.31 Å². The molecule has 0 spiro atoms. The molecule has 0 aliphatic carbocycles. The Labute approximate surface area is 121 Å². The number of likely N-dealkylation sites (N-methyl/N-ethyl adjacent to an activating group) is 2. The van der Waals surface area contributed by atoms with Gasteiger partial charge in [0.15, 0.2) is 0 Å². The monoisotopic (exact) mass is 303 g/mol. The van der Waals surface area contributed by atoms with Gasteiger partial charge >= 0.3 is 0 Å². The van der Waals surface area contributed by atoms with E-state index >= 15 is 0 Å². The zero-order chi connectivity index (χ0) is 15.5. The number of aryl methyl sites for hydroxylation is 2. The minimum absolute atomic E-state index is 0.297. The van der Waals surface area contributed by atoms with E-state index in [0.29, 0.717) is 41.6 Å². The first-order chi connectivity index (χ1) is 9.21. The Morgan fingerprint density at radius 2 is 1.70 bits per heavy atom. The molecule has 0 saturated heterocycles. The van der Waals surface area contributed by atoms with E-state index in [4.69, 9.17) is 4.42 Å². The number of sulfonamides is 1. The second kappa shape index (κ2) is 6.71. The maximum Gasteiger partial charge on any atom is 0.246 e. The van der Waals surface area contributed by atoms with Crippen molar-refractivity contribution in [1.82, 2.24) is 14.5 Å². The van der Waals surface area contributed by atoms with E-state index in [1.54, 1.807) is 27.9 Å². The van der Waals surface area contributed by atoms with Crippen LogP contribution in [0, 0.1) is 13.8 Å². The topological polar surface area (TPSA) is 65.8 Å². The smallest absolute Gasteiger partial charge is 0.246 e. The van der Waals surface area contributed by atoms with Gasteiger partial charge in [0, 0.05) is 32.2 Å². The van der Waals surface area contributed by atoms with Gasteiger partial charge in [-0.2, -0.15) is 4.31 Å². The third kappa shape index (κ3) is 3.60. The molecule has 0 radical (unpaired) electrons. The summed E-state index contributed by atoms with van der Waals surface area (Å²) in [4.78, 5) is 2.25. The average Bonchev–Trinajstić information content (AvgIpc) is 2.62. The zero-order valence-corrected chi connectivity index (χ0v) is 14.0. The molecular formula is C13H25N3O3S. The Hall–Kier alpha value is -0.890. The van der Waals surface area contributed by atoms with Crippen LogP contribution in [0.3, 0.4) is 0 Å². The molecule has 0 aliphatic rings. The zero-order valence-electron chi connectivity index (χ0n) is 13.1. The van der Waals surface area contributed by atoms with Gasteiger partial charge in [-0.1, -0.05) is 0 Å². The summed E-state index contributed by atoms with van der Waals surface area (Å²) >= 11 is 0. The number of furan rings is 1. The first kappa shape index (κ1) is 17.2. The fraction of sp³-hybridized carbons (Fsp3) is 0.692. The van der Waals surface area contributed by atoms with E-state index in [0.717, 1.165) is 0 Å². The van der Waals surface area contributed by atoms with E-state index in [2.05, 4.69) is 5.32 Å². The first-order valence-corrected chi connectivity index (χ1v) is 8.00. The minimum Gasteiger partial charge on any atom is -0.465 e. The van der Waals surface area contributed by atoms with Crippen molar-refractivity contribution in [3.63, 3.8) is 0 Å². The second-order valence-corrected chi connectivity index (χ2v) is 7.16. The van der Waals surface area contributed by atoms with Gasteiger partial charge in [-0.05, 0) is 35.0 Å². The van der Waals surface area contributed by atoms with Gasteiger partial charge in [-0.3, -0.25) is 0 Å². The quantitative estimate of drug-likeness (QED) is 0.807. The van der Waals surface area contributed by atoms with Crippen molar-refractivity contribution < 1.29 is 12.8 Å². The minimum atomic E-state index is -3.52. The molecule has 0 saturated carbocycles. The molecule has 6 nitrogen and oxygen atoms in total. The maximum absolute atomic E-state index is 12.7. The number of nitrogens with zero attached hydrogens (tertiary/aromatic N) is 2. The Morgan fingerprint density at radius 1 is 1.10 bits per heavy atom. The molecule has 1 N–H and O–H groups in total. The van der Waals surface area contributed by atoms with Gasteiger partial charge in [0.05, 0.1) is 0 Å². The summed E-state index contributed by atoms with van der Waals surface area (Å²) < 4.78 is 32.3. The molecule has 0 unspecified atom stereocenters. The molecule has 0 bridgehead atoms. The predicted molar refractivity (Wildman–Crippen MR) is 79.3 cm³/mol. The molecule has 0 atom stereocenters. The highest BCUT2D eigenvalue weighted by molar-refractivity contribution is 7.89. The standard InChI is InChI=1S/C13H25N3O3S/c1-10-12(9-14-3)13(11(2)19-10)20(17,18)16(6)8-7-15(4)5/h14H,7-9H2,1-6H3. The van der Waals surface area contributed by atoms with Crippen LogP contribution in [0.25, 0.3) is 0 Å². The number of nitrogens with one attached hydrogen (secondary N) is 1. The van der Waals surface area contributed by atoms with Crippen LogP contribution in [0.5, 0.6) is 0 Å². The summed E-state index contributed by atoms with van der Waals surface area (Å²) in [5.74, 6) is 1.10. The van der Waals surface area contributed by atoms with Crippen LogP contribution in [0.15, 0.2) is 9.31 Å². The van der Waals surface area contributed by atoms with Crippen LogP contribution < -0.4 is 5.32 Å². The van der Waals surface area contributed by atoms with Crippen molar-refractivity contribution in [1.29, 1.82) is 0 Å². The van der Waals surface area contributed by atoms with Crippen molar-refractivity contribution >= 4 is 10.0 Å². The average molecular weight is 303 g/mol. The Morgan fingerprint density at radius 3 is 2.20 bits per heavy atom. The van der Waals surface area contributed by atoms with Gasteiger partial charge in [-0.15, -0.1) is 0 Å². The molecule has 116 valence electrons. The van der Waals surface area contributed by atoms with Crippen molar-refractivity contribution in [2.24, 2.45) is 0 Å². The van der Waals surface area contributed by atoms with Crippen molar-refractivity contribution in [3.8, 4) is 0 Å². The lowest BCUT2D eigenvalue weighted by molar-refractivity contribution is 0.358. The van der Waals surface area contributed by atoms with Gasteiger partial charge in [0.2, 0.25) is 10.0 Å². The molecule has 0 amide bonds. The summed E-state index contributed by atoms with van der Waals surface area (Å²) in [5.41, 5.74) is 0.710. The third-order valence-electron chi connectivity index (χ3n) is 3.21. The Kier molecular flexibility index (Phi) is 5.76. The van der Waals surface area contributed by atoms with Crippen LogP contribution in [-0.4, -0.2) is 58.9 Å². The molecule has 1 rings (SSSR count). The summed E-state index contributed by atoms with van der Waals surface area (Å²) in [5, 5.41) is 2.99. The molecule has 0 aliphatic heterocycles. The highest BCUT2D eigenvalue weighted by Crippen LogP contribution is 2.28. The van der Waals surface area contributed by atoms with Gasteiger partial charge in [0.1, 0.15) is 16.4 Å². The third-order valence-corrected chi connectivity index (χ3v) is 5.26. The fourth-order valence-corrected chi connectivity index (χ4v) is 3.61. The SMILES string of the molecule is CNCc1c(C)oc(C)c1S(=O)(=O)N(C)CCN(C)C. The largest absolute Gasteiger partial charge is 0.465 e. The predicted octanol–water partition coefficient (Wildman–Crippen LogP) is 0.798. The van der Waals surface area contributed by atoms with E-state index < -0.39 is 10.0 Å². The van der Waals surface area contributed by atoms with Crippen molar-refractivity contribution in [2.45, 2.75) is 25.3 Å². The van der Waals surface area contributed by atoms with Crippen LogP contribution in [-0.2, 0) is 16.6 Å². The van der Waals surface area contributed by atoms with Crippen molar-refractivity contribution in [2.75, 3.05) is 41.3 Å². The molecule has 7 heteroatoms. The molecule has 1 aromatic heterocycles. The van der Waals surface area contributed by atoms with Crippen LogP contribution in [0.2, 0.25) is 0 Å².